The zero-order valence-corrected chi connectivity index (χ0v) is 12.7. The molecule has 1 aromatic rings. The molecule has 2 N–H and O–H groups in total. The lowest BCUT2D eigenvalue weighted by Gasteiger charge is -2.23. The fraction of sp³-hybridized carbons (Fsp3) is 0.667. The Bertz CT molecular complexity index is 333. The summed E-state index contributed by atoms with van der Waals surface area (Å²) in [5.41, 5.74) is 6.72. The van der Waals surface area contributed by atoms with Crippen LogP contribution in [0.15, 0.2) is 18.3 Å². The highest BCUT2D eigenvalue weighted by Gasteiger charge is 2.07. The van der Waals surface area contributed by atoms with Crippen LogP contribution in [0.5, 0.6) is 0 Å². The number of hydrogen-bond acceptors (Lipinski definition) is 5. The van der Waals surface area contributed by atoms with Crippen LogP contribution in [0, 0.1) is 0 Å². The van der Waals surface area contributed by atoms with Crippen LogP contribution in [-0.4, -0.2) is 51.0 Å². The molecule has 0 radical (unpaired) electrons. The summed E-state index contributed by atoms with van der Waals surface area (Å²) in [4.78, 5) is 6.71. The standard InChI is InChI=1S/C15H27N3O2/c1-3-19-11-9-18(10-12-20-4-2)15-6-5-14(7-8-16)13-17-15/h5-6,13H,3-4,7-12,16H2,1-2H3. The fourth-order valence-corrected chi connectivity index (χ4v) is 1.90. The van der Waals surface area contributed by atoms with Gasteiger partial charge in [-0.2, -0.15) is 0 Å². The third kappa shape index (κ3) is 6.32. The number of ether oxygens (including phenoxy) is 2. The minimum absolute atomic E-state index is 0.652. The van der Waals surface area contributed by atoms with Crippen molar-refractivity contribution in [1.82, 2.24) is 4.98 Å². The monoisotopic (exact) mass is 281 g/mol. The highest BCUT2D eigenvalue weighted by molar-refractivity contribution is 5.39. The van der Waals surface area contributed by atoms with Crippen LogP contribution in [-0.2, 0) is 15.9 Å². The molecule has 0 aliphatic carbocycles. The predicted octanol–water partition coefficient (Wildman–Crippen LogP) is 1.46. The third-order valence-corrected chi connectivity index (χ3v) is 2.99. The van der Waals surface area contributed by atoms with Gasteiger partial charge in [-0.1, -0.05) is 6.07 Å². The Labute approximate surface area is 122 Å². The molecule has 0 atom stereocenters. The van der Waals surface area contributed by atoms with E-state index in [-0.39, 0.29) is 0 Å². The van der Waals surface area contributed by atoms with Gasteiger partial charge >= 0.3 is 0 Å². The number of nitrogens with two attached hydrogens (primary N) is 1. The maximum atomic E-state index is 5.55. The number of rotatable bonds is 11. The molecule has 0 saturated heterocycles. The van der Waals surface area contributed by atoms with E-state index >= 15 is 0 Å². The first-order valence-electron chi connectivity index (χ1n) is 7.37. The zero-order valence-electron chi connectivity index (χ0n) is 12.7. The molecule has 5 nitrogen and oxygen atoms in total. The minimum Gasteiger partial charge on any atom is -0.380 e. The normalized spacial score (nSPS) is 10.8. The molecule has 0 amide bonds. The average molecular weight is 281 g/mol. The second-order valence-corrected chi connectivity index (χ2v) is 4.44. The lowest BCUT2D eigenvalue weighted by molar-refractivity contribution is 0.141. The SMILES string of the molecule is CCOCCN(CCOCC)c1ccc(CCN)cn1. The highest BCUT2D eigenvalue weighted by atomic mass is 16.5. The number of nitrogens with zero attached hydrogens (tertiary/aromatic N) is 2. The van der Waals surface area contributed by atoms with Gasteiger partial charge in [0.2, 0.25) is 0 Å². The third-order valence-electron chi connectivity index (χ3n) is 2.99. The molecule has 1 aromatic heterocycles. The number of anilines is 1. The molecular weight excluding hydrogens is 254 g/mol. The van der Waals surface area contributed by atoms with Gasteiger partial charge in [0.05, 0.1) is 13.2 Å². The molecule has 0 spiro atoms. The van der Waals surface area contributed by atoms with Gasteiger partial charge in [-0.3, -0.25) is 0 Å². The molecule has 0 unspecified atom stereocenters. The van der Waals surface area contributed by atoms with Gasteiger partial charge in [0.1, 0.15) is 5.82 Å². The Kier molecular flexibility index (Phi) is 8.95. The van der Waals surface area contributed by atoms with Crippen molar-refractivity contribution in [1.29, 1.82) is 0 Å². The Morgan fingerprint density at radius 2 is 1.75 bits per heavy atom. The lowest BCUT2D eigenvalue weighted by Crippen LogP contribution is -2.31. The summed E-state index contributed by atoms with van der Waals surface area (Å²) in [6, 6.07) is 4.13. The van der Waals surface area contributed by atoms with Crippen LogP contribution < -0.4 is 10.6 Å². The number of hydrogen-bond donors (Lipinski definition) is 1. The van der Waals surface area contributed by atoms with Crippen LogP contribution in [0.25, 0.3) is 0 Å². The summed E-state index contributed by atoms with van der Waals surface area (Å²) in [5.74, 6) is 0.963. The Morgan fingerprint density at radius 1 is 1.10 bits per heavy atom. The minimum atomic E-state index is 0.652. The molecule has 0 saturated carbocycles. The molecule has 114 valence electrons. The van der Waals surface area contributed by atoms with Crippen molar-refractivity contribution >= 4 is 5.82 Å². The van der Waals surface area contributed by atoms with E-state index < -0.39 is 0 Å². The van der Waals surface area contributed by atoms with Gasteiger partial charge in [-0.15, -0.1) is 0 Å². The van der Waals surface area contributed by atoms with Crippen molar-refractivity contribution in [2.24, 2.45) is 5.73 Å². The summed E-state index contributed by atoms with van der Waals surface area (Å²) < 4.78 is 10.9. The van der Waals surface area contributed by atoms with E-state index in [9.17, 15) is 0 Å². The van der Waals surface area contributed by atoms with E-state index in [1.807, 2.05) is 26.1 Å². The topological polar surface area (TPSA) is 60.6 Å². The molecule has 0 aliphatic heterocycles. The van der Waals surface area contributed by atoms with Crippen LogP contribution in [0.1, 0.15) is 19.4 Å². The Hall–Kier alpha value is -1.17. The molecule has 1 rings (SSSR count). The molecule has 20 heavy (non-hydrogen) atoms. The van der Waals surface area contributed by atoms with Crippen molar-refractivity contribution < 1.29 is 9.47 Å². The quantitative estimate of drug-likeness (QED) is 0.622. The number of pyridine rings is 1. The molecule has 0 aromatic carbocycles. The van der Waals surface area contributed by atoms with Crippen LogP contribution in [0.4, 0.5) is 5.82 Å². The average Bonchev–Trinajstić information content (AvgIpc) is 2.47. The van der Waals surface area contributed by atoms with Crippen LogP contribution in [0.3, 0.4) is 0 Å². The summed E-state index contributed by atoms with van der Waals surface area (Å²) in [7, 11) is 0. The van der Waals surface area contributed by atoms with Crippen molar-refractivity contribution in [2.45, 2.75) is 20.3 Å². The van der Waals surface area contributed by atoms with Gasteiger partial charge in [0.15, 0.2) is 0 Å². The smallest absolute Gasteiger partial charge is 0.128 e. The van der Waals surface area contributed by atoms with Crippen molar-refractivity contribution in [2.75, 3.05) is 51.0 Å². The van der Waals surface area contributed by atoms with E-state index in [0.29, 0.717) is 19.8 Å². The molecule has 5 heteroatoms. The second-order valence-electron chi connectivity index (χ2n) is 4.44. The fourth-order valence-electron chi connectivity index (χ4n) is 1.90. The summed E-state index contributed by atoms with van der Waals surface area (Å²) >= 11 is 0. The van der Waals surface area contributed by atoms with E-state index in [1.54, 1.807) is 0 Å². The summed E-state index contributed by atoms with van der Waals surface area (Å²) in [5, 5.41) is 0. The van der Waals surface area contributed by atoms with Crippen LogP contribution >= 0.6 is 0 Å². The van der Waals surface area contributed by atoms with Gasteiger partial charge < -0.3 is 20.1 Å². The summed E-state index contributed by atoms with van der Waals surface area (Å²) in [6.07, 6.45) is 2.77. The molecule has 0 aliphatic rings. The maximum Gasteiger partial charge on any atom is 0.128 e. The first kappa shape index (κ1) is 16.9. The lowest BCUT2D eigenvalue weighted by atomic mass is 10.2. The van der Waals surface area contributed by atoms with E-state index in [1.165, 1.54) is 5.56 Å². The second kappa shape index (κ2) is 10.6. The Balaban J connectivity index is 2.59. The largest absolute Gasteiger partial charge is 0.380 e. The van der Waals surface area contributed by atoms with Crippen LogP contribution in [0.2, 0.25) is 0 Å². The highest BCUT2D eigenvalue weighted by Crippen LogP contribution is 2.11. The Morgan fingerprint density at radius 3 is 2.20 bits per heavy atom. The number of aromatic nitrogens is 1. The predicted molar refractivity (Wildman–Crippen MR) is 82.2 cm³/mol. The van der Waals surface area contributed by atoms with Crippen molar-refractivity contribution in [3.05, 3.63) is 23.9 Å². The zero-order chi connectivity index (χ0) is 14.6. The molecule has 0 bridgehead atoms. The maximum absolute atomic E-state index is 5.55. The van der Waals surface area contributed by atoms with E-state index in [2.05, 4.69) is 16.0 Å². The summed E-state index contributed by atoms with van der Waals surface area (Å²) in [6.45, 7) is 9.19. The van der Waals surface area contributed by atoms with Crippen molar-refractivity contribution in [3.63, 3.8) is 0 Å². The van der Waals surface area contributed by atoms with Gasteiger partial charge in [-0.25, -0.2) is 4.98 Å². The first-order chi connectivity index (χ1) is 9.81. The molecule has 0 fully saturated rings. The molecule has 1 heterocycles. The van der Waals surface area contributed by atoms with Gasteiger partial charge in [-0.05, 0) is 38.4 Å². The van der Waals surface area contributed by atoms with E-state index in [0.717, 1.165) is 38.5 Å². The van der Waals surface area contributed by atoms with Gasteiger partial charge in [0.25, 0.3) is 0 Å². The molecular formula is C15H27N3O2. The first-order valence-corrected chi connectivity index (χ1v) is 7.37. The van der Waals surface area contributed by atoms with Crippen molar-refractivity contribution in [3.8, 4) is 0 Å². The van der Waals surface area contributed by atoms with E-state index in [4.69, 9.17) is 15.2 Å². The van der Waals surface area contributed by atoms with Gasteiger partial charge in [0, 0.05) is 32.5 Å².